The van der Waals surface area contributed by atoms with E-state index in [0.29, 0.717) is 0 Å². The van der Waals surface area contributed by atoms with Crippen LogP contribution in [-0.2, 0) is 11.2 Å². The fourth-order valence-electron chi connectivity index (χ4n) is 2.61. The molecule has 98 valence electrons. The number of para-hydroxylation sites is 1. The van der Waals surface area contributed by atoms with E-state index in [1.807, 2.05) is 11.0 Å². The molecule has 1 atom stereocenters. The Balaban J connectivity index is 2.33. The van der Waals surface area contributed by atoms with Crippen LogP contribution in [0.2, 0.25) is 0 Å². The molecule has 0 aliphatic carbocycles. The molecule has 1 amide bonds. The Kier molecular flexibility index (Phi) is 4.37. The number of anilines is 1. The molecule has 0 fully saturated rings. The van der Waals surface area contributed by atoms with Crippen LogP contribution in [0.5, 0.6) is 0 Å². The molecule has 0 spiro atoms. The van der Waals surface area contributed by atoms with E-state index < -0.39 is 0 Å². The first-order valence-electron chi connectivity index (χ1n) is 6.90. The topological polar surface area (TPSA) is 32.3 Å². The second-order valence-electron chi connectivity index (χ2n) is 4.77. The van der Waals surface area contributed by atoms with Crippen molar-refractivity contribution in [1.82, 2.24) is 5.32 Å². The van der Waals surface area contributed by atoms with Gasteiger partial charge in [-0.1, -0.05) is 32.0 Å². The van der Waals surface area contributed by atoms with Gasteiger partial charge in [-0.25, -0.2) is 0 Å². The molecule has 1 N–H and O–H groups in total. The summed E-state index contributed by atoms with van der Waals surface area (Å²) in [4.78, 5) is 14.5. The van der Waals surface area contributed by atoms with Crippen LogP contribution in [0.25, 0.3) is 0 Å². The van der Waals surface area contributed by atoms with Gasteiger partial charge in [0.15, 0.2) is 0 Å². The minimum Gasteiger partial charge on any atom is -0.311 e. The number of carbonyl (C=O) groups excluding carboxylic acids is 1. The van der Waals surface area contributed by atoms with Crippen LogP contribution in [0.3, 0.4) is 0 Å². The van der Waals surface area contributed by atoms with Crippen molar-refractivity contribution in [2.24, 2.45) is 0 Å². The average molecular weight is 246 g/mol. The Morgan fingerprint density at radius 1 is 1.33 bits per heavy atom. The summed E-state index contributed by atoms with van der Waals surface area (Å²) in [6.07, 6.45) is 2.85. The molecule has 1 aliphatic rings. The van der Waals surface area contributed by atoms with Gasteiger partial charge in [-0.15, -0.1) is 0 Å². The fourth-order valence-corrected chi connectivity index (χ4v) is 2.61. The van der Waals surface area contributed by atoms with Gasteiger partial charge in [0.05, 0.1) is 6.04 Å². The number of hydrogen-bond donors (Lipinski definition) is 1. The summed E-state index contributed by atoms with van der Waals surface area (Å²) in [5, 5.41) is 3.31. The highest BCUT2D eigenvalue weighted by atomic mass is 16.2. The lowest BCUT2D eigenvalue weighted by Crippen LogP contribution is -2.46. The number of amides is 1. The minimum atomic E-state index is -0.0334. The van der Waals surface area contributed by atoms with E-state index in [2.05, 4.69) is 37.4 Å². The van der Waals surface area contributed by atoms with Crippen molar-refractivity contribution in [1.29, 1.82) is 0 Å². The van der Waals surface area contributed by atoms with Crippen LogP contribution >= 0.6 is 0 Å². The smallest absolute Gasteiger partial charge is 0.244 e. The summed E-state index contributed by atoms with van der Waals surface area (Å²) in [5.74, 6) is 0.226. The van der Waals surface area contributed by atoms with Crippen LogP contribution < -0.4 is 10.2 Å². The average Bonchev–Trinajstić information content (AvgIpc) is 2.52. The molecule has 0 bridgehead atoms. The summed E-state index contributed by atoms with van der Waals surface area (Å²) in [6.45, 7) is 5.81. The molecule has 0 saturated carbocycles. The number of benzene rings is 1. The number of carbonyl (C=O) groups is 1. The van der Waals surface area contributed by atoms with Crippen LogP contribution in [0.4, 0.5) is 5.69 Å². The molecule has 2 rings (SSSR count). The van der Waals surface area contributed by atoms with Crippen molar-refractivity contribution >= 4 is 11.6 Å². The molecule has 3 heteroatoms. The summed E-state index contributed by atoms with van der Waals surface area (Å²) < 4.78 is 0. The molecule has 3 nitrogen and oxygen atoms in total. The first kappa shape index (κ1) is 13.1. The Labute approximate surface area is 109 Å². The Bertz CT molecular complexity index is 417. The zero-order valence-corrected chi connectivity index (χ0v) is 11.3. The van der Waals surface area contributed by atoms with Gasteiger partial charge in [0, 0.05) is 12.2 Å². The number of aryl methyl sites for hydroxylation is 1. The lowest BCUT2D eigenvalue weighted by molar-refractivity contribution is -0.120. The lowest BCUT2D eigenvalue weighted by Gasteiger charge is -2.25. The molecule has 1 heterocycles. The largest absolute Gasteiger partial charge is 0.311 e. The minimum absolute atomic E-state index is 0.0334. The highest BCUT2D eigenvalue weighted by molar-refractivity contribution is 5.98. The predicted octanol–water partition coefficient (Wildman–Crippen LogP) is 2.35. The molecule has 0 saturated heterocycles. The molecule has 1 aliphatic heterocycles. The molecule has 1 aromatic rings. The van der Waals surface area contributed by atoms with Crippen LogP contribution in [0.15, 0.2) is 24.3 Å². The number of nitrogens with one attached hydrogen (secondary N) is 1. The second kappa shape index (κ2) is 6.01. The van der Waals surface area contributed by atoms with Crippen LogP contribution in [0, 0.1) is 0 Å². The maximum absolute atomic E-state index is 12.6. The molecule has 18 heavy (non-hydrogen) atoms. The maximum Gasteiger partial charge on any atom is 0.244 e. The third-order valence-corrected chi connectivity index (χ3v) is 3.45. The van der Waals surface area contributed by atoms with E-state index in [-0.39, 0.29) is 11.9 Å². The fraction of sp³-hybridized carbons (Fsp3) is 0.533. The Morgan fingerprint density at radius 2 is 2.11 bits per heavy atom. The molecule has 0 aromatic heterocycles. The van der Waals surface area contributed by atoms with Crippen molar-refractivity contribution in [3.05, 3.63) is 29.8 Å². The van der Waals surface area contributed by atoms with E-state index in [9.17, 15) is 4.79 Å². The van der Waals surface area contributed by atoms with Gasteiger partial charge in [-0.3, -0.25) is 4.79 Å². The quantitative estimate of drug-likeness (QED) is 0.884. The van der Waals surface area contributed by atoms with Gasteiger partial charge in [0.2, 0.25) is 5.91 Å². The Morgan fingerprint density at radius 3 is 2.83 bits per heavy atom. The first-order valence-corrected chi connectivity index (χ1v) is 6.90. The van der Waals surface area contributed by atoms with Gasteiger partial charge in [-0.05, 0) is 37.4 Å². The van der Waals surface area contributed by atoms with Crippen molar-refractivity contribution in [3.63, 3.8) is 0 Å². The SMILES string of the molecule is CCCN1C(=O)[C@@H](NCC)CCc2ccccc21. The molecular weight excluding hydrogens is 224 g/mol. The second-order valence-corrected chi connectivity index (χ2v) is 4.77. The highest BCUT2D eigenvalue weighted by Gasteiger charge is 2.28. The number of hydrogen-bond acceptors (Lipinski definition) is 2. The number of rotatable bonds is 4. The van der Waals surface area contributed by atoms with Crippen molar-refractivity contribution < 1.29 is 4.79 Å². The number of nitrogens with zero attached hydrogens (tertiary/aromatic N) is 1. The zero-order chi connectivity index (χ0) is 13.0. The monoisotopic (exact) mass is 246 g/mol. The zero-order valence-electron chi connectivity index (χ0n) is 11.3. The molecule has 1 aromatic carbocycles. The third-order valence-electron chi connectivity index (χ3n) is 3.45. The van der Waals surface area contributed by atoms with Gasteiger partial charge in [0.25, 0.3) is 0 Å². The molecular formula is C15H22N2O. The Hall–Kier alpha value is -1.35. The summed E-state index contributed by atoms with van der Waals surface area (Å²) >= 11 is 0. The van der Waals surface area contributed by atoms with Gasteiger partial charge in [0.1, 0.15) is 0 Å². The maximum atomic E-state index is 12.6. The molecule has 0 unspecified atom stereocenters. The third kappa shape index (κ3) is 2.56. The van der Waals surface area contributed by atoms with E-state index in [1.165, 1.54) is 5.56 Å². The first-order chi connectivity index (χ1) is 8.77. The van der Waals surface area contributed by atoms with Crippen molar-refractivity contribution in [3.8, 4) is 0 Å². The normalized spacial score (nSPS) is 19.6. The van der Waals surface area contributed by atoms with Gasteiger partial charge < -0.3 is 10.2 Å². The number of fused-ring (bicyclic) bond motifs is 1. The summed E-state index contributed by atoms with van der Waals surface area (Å²) in [7, 11) is 0. The van der Waals surface area contributed by atoms with Crippen LogP contribution in [0.1, 0.15) is 32.3 Å². The van der Waals surface area contributed by atoms with Crippen molar-refractivity contribution in [2.45, 2.75) is 39.2 Å². The van der Waals surface area contributed by atoms with E-state index >= 15 is 0 Å². The summed E-state index contributed by atoms with van der Waals surface area (Å²) in [6, 6.07) is 8.24. The van der Waals surface area contributed by atoms with E-state index in [0.717, 1.165) is 38.0 Å². The van der Waals surface area contributed by atoms with Gasteiger partial charge >= 0.3 is 0 Å². The standard InChI is InChI=1S/C15H22N2O/c1-3-11-17-14-8-6-5-7-12(14)9-10-13(15(17)18)16-4-2/h5-8,13,16H,3-4,9-11H2,1-2H3/t13-/m0/s1. The van der Waals surface area contributed by atoms with Crippen molar-refractivity contribution in [2.75, 3.05) is 18.0 Å². The van der Waals surface area contributed by atoms with Crippen LogP contribution in [-0.4, -0.2) is 25.0 Å². The van der Waals surface area contributed by atoms with Gasteiger partial charge in [-0.2, -0.15) is 0 Å². The molecule has 0 radical (unpaired) electrons. The number of likely N-dealkylation sites (N-methyl/N-ethyl adjacent to an activating group) is 1. The van der Waals surface area contributed by atoms with E-state index in [4.69, 9.17) is 0 Å². The summed E-state index contributed by atoms with van der Waals surface area (Å²) in [5.41, 5.74) is 2.39. The lowest BCUT2D eigenvalue weighted by atomic mass is 10.1. The van der Waals surface area contributed by atoms with E-state index in [1.54, 1.807) is 0 Å². The predicted molar refractivity (Wildman–Crippen MR) is 74.9 cm³/mol. The highest BCUT2D eigenvalue weighted by Crippen LogP contribution is 2.27.